The zero-order valence-electron chi connectivity index (χ0n) is 14.0. The Morgan fingerprint density at radius 2 is 1.88 bits per heavy atom. The standard InChI is InChI=1S/C15H19F3N4O3/c1-14(25,15(16,17)18)9-4-8(5-9)6-22-12(23)10-11(19-7-20(10)2)21(3)13(22)24/h7-9,25H,4-6H2,1-3H3/t8-,9+,14?. The molecule has 0 bridgehead atoms. The van der Waals surface area contributed by atoms with E-state index in [4.69, 9.17) is 0 Å². The molecule has 1 unspecified atom stereocenters. The second-order valence-electron chi connectivity index (χ2n) is 6.96. The van der Waals surface area contributed by atoms with Gasteiger partial charge in [0.15, 0.2) is 16.8 Å². The van der Waals surface area contributed by atoms with Crippen LogP contribution in [0.4, 0.5) is 13.2 Å². The Kier molecular flexibility index (Phi) is 3.86. The summed E-state index contributed by atoms with van der Waals surface area (Å²) in [5, 5.41) is 9.69. The van der Waals surface area contributed by atoms with Crippen molar-refractivity contribution in [3.05, 3.63) is 27.2 Å². The Bertz CT molecular complexity index is 932. The Hall–Kier alpha value is -2.10. The molecule has 0 aromatic carbocycles. The van der Waals surface area contributed by atoms with Gasteiger partial charge in [0.05, 0.1) is 6.33 Å². The number of aryl methyl sites for hydroxylation is 2. The van der Waals surface area contributed by atoms with Gasteiger partial charge in [-0.3, -0.25) is 13.9 Å². The summed E-state index contributed by atoms with van der Waals surface area (Å²) in [7, 11) is 3.12. The van der Waals surface area contributed by atoms with Crippen molar-refractivity contribution in [3.8, 4) is 0 Å². The highest BCUT2D eigenvalue weighted by Gasteiger charge is 2.57. The van der Waals surface area contributed by atoms with Crippen molar-refractivity contribution in [2.75, 3.05) is 0 Å². The van der Waals surface area contributed by atoms with Crippen LogP contribution in [-0.2, 0) is 20.6 Å². The third kappa shape index (κ3) is 2.59. The fourth-order valence-corrected chi connectivity index (χ4v) is 3.39. The maximum absolute atomic E-state index is 12.9. The molecule has 1 aliphatic rings. The largest absolute Gasteiger partial charge is 0.417 e. The molecule has 2 heterocycles. The first-order valence-electron chi connectivity index (χ1n) is 7.85. The average molecular weight is 360 g/mol. The van der Waals surface area contributed by atoms with Crippen LogP contribution in [0, 0.1) is 11.8 Å². The summed E-state index contributed by atoms with van der Waals surface area (Å²) in [6, 6.07) is 0. The van der Waals surface area contributed by atoms with Crippen LogP contribution in [0.3, 0.4) is 0 Å². The molecule has 25 heavy (non-hydrogen) atoms. The number of imidazole rings is 1. The number of alkyl halides is 3. The van der Waals surface area contributed by atoms with E-state index in [-0.39, 0.29) is 36.5 Å². The lowest BCUT2D eigenvalue weighted by atomic mass is 9.66. The van der Waals surface area contributed by atoms with Gasteiger partial charge in [0.2, 0.25) is 0 Å². The quantitative estimate of drug-likeness (QED) is 0.877. The lowest BCUT2D eigenvalue weighted by Crippen LogP contribution is -2.54. The van der Waals surface area contributed by atoms with Gasteiger partial charge in [0.25, 0.3) is 5.56 Å². The first kappa shape index (κ1) is 17.7. The number of aromatic nitrogens is 4. The Morgan fingerprint density at radius 1 is 1.28 bits per heavy atom. The van der Waals surface area contributed by atoms with E-state index in [2.05, 4.69) is 4.98 Å². The van der Waals surface area contributed by atoms with Gasteiger partial charge in [0.1, 0.15) is 0 Å². The SMILES string of the molecule is Cn1cnc2c1c(=O)n(C[C@H]1C[C@@H](C(C)(O)C(F)(F)F)C1)c(=O)n2C. The molecule has 1 fully saturated rings. The van der Waals surface area contributed by atoms with Crippen molar-refractivity contribution < 1.29 is 18.3 Å². The molecule has 0 radical (unpaired) electrons. The van der Waals surface area contributed by atoms with Crippen molar-refractivity contribution in [3.63, 3.8) is 0 Å². The van der Waals surface area contributed by atoms with Crippen LogP contribution in [0.25, 0.3) is 11.2 Å². The molecule has 2 aromatic heterocycles. The fraction of sp³-hybridized carbons (Fsp3) is 0.667. The number of hydrogen-bond donors (Lipinski definition) is 1. The highest BCUT2D eigenvalue weighted by Crippen LogP contribution is 2.48. The van der Waals surface area contributed by atoms with Gasteiger partial charge in [-0.2, -0.15) is 13.2 Å². The lowest BCUT2D eigenvalue weighted by molar-refractivity contribution is -0.284. The number of halogens is 3. The summed E-state index contributed by atoms with van der Waals surface area (Å²) in [6.45, 7) is 0.790. The maximum atomic E-state index is 12.9. The molecule has 7 nitrogen and oxygen atoms in total. The van der Waals surface area contributed by atoms with Gasteiger partial charge in [-0.1, -0.05) is 0 Å². The van der Waals surface area contributed by atoms with Crippen molar-refractivity contribution in [1.29, 1.82) is 0 Å². The molecule has 0 spiro atoms. The van der Waals surface area contributed by atoms with Crippen LogP contribution < -0.4 is 11.2 Å². The Balaban J connectivity index is 1.86. The second kappa shape index (κ2) is 5.45. The monoisotopic (exact) mass is 360 g/mol. The highest BCUT2D eigenvalue weighted by molar-refractivity contribution is 5.69. The average Bonchev–Trinajstić information content (AvgIpc) is 2.83. The molecule has 1 saturated carbocycles. The van der Waals surface area contributed by atoms with E-state index in [1.165, 1.54) is 22.5 Å². The van der Waals surface area contributed by atoms with E-state index < -0.39 is 28.9 Å². The van der Waals surface area contributed by atoms with Crippen LogP contribution >= 0.6 is 0 Å². The highest BCUT2D eigenvalue weighted by atomic mass is 19.4. The van der Waals surface area contributed by atoms with Crippen LogP contribution in [-0.4, -0.2) is 35.6 Å². The summed E-state index contributed by atoms with van der Waals surface area (Å²) in [4.78, 5) is 28.9. The van der Waals surface area contributed by atoms with Gasteiger partial charge in [-0.05, 0) is 31.6 Å². The predicted molar refractivity (Wildman–Crippen MR) is 83.1 cm³/mol. The maximum Gasteiger partial charge on any atom is 0.417 e. The number of nitrogens with zero attached hydrogens (tertiary/aromatic N) is 4. The summed E-state index contributed by atoms with van der Waals surface area (Å²) < 4.78 is 42.4. The van der Waals surface area contributed by atoms with Crippen molar-refractivity contribution >= 4 is 11.2 Å². The van der Waals surface area contributed by atoms with Crippen molar-refractivity contribution in [2.24, 2.45) is 25.9 Å². The topological polar surface area (TPSA) is 82.1 Å². The normalized spacial score (nSPS) is 23.5. The summed E-state index contributed by atoms with van der Waals surface area (Å²) >= 11 is 0. The number of hydrogen-bond acceptors (Lipinski definition) is 4. The molecular formula is C15H19F3N4O3. The molecule has 0 aliphatic heterocycles. The molecule has 1 atom stereocenters. The van der Waals surface area contributed by atoms with Crippen molar-refractivity contribution in [2.45, 2.75) is 38.1 Å². The fourth-order valence-electron chi connectivity index (χ4n) is 3.39. The van der Waals surface area contributed by atoms with Gasteiger partial charge in [-0.15, -0.1) is 0 Å². The van der Waals surface area contributed by atoms with Gasteiger partial charge in [-0.25, -0.2) is 9.78 Å². The van der Waals surface area contributed by atoms with Crippen molar-refractivity contribution in [1.82, 2.24) is 18.7 Å². The third-order valence-electron chi connectivity index (χ3n) is 5.25. The molecule has 1 aliphatic carbocycles. The van der Waals surface area contributed by atoms with E-state index in [1.54, 1.807) is 7.05 Å². The zero-order chi connectivity index (χ0) is 18.7. The lowest BCUT2D eigenvalue weighted by Gasteiger charge is -2.44. The molecule has 138 valence electrons. The molecule has 1 N–H and O–H groups in total. The van der Waals surface area contributed by atoms with Crippen LogP contribution in [0.2, 0.25) is 0 Å². The number of rotatable bonds is 3. The second-order valence-corrected chi connectivity index (χ2v) is 6.96. The first-order valence-corrected chi connectivity index (χ1v) is 7.85. The van der Waals surface area contributed by atoms with Crippen LogP contribution in [0.1, 0.15) is 19.8 Å². The molecule has 10 heteroatoms. The zero-order valence-corrected chi connectivity index (χ0v) is 14.0. The minimum absolute atomic E-state index is 0.0249. The van der Waals surface area contributed by atoms with Gasteiger partial charge < -0.3 is 9.67 Å². The van der Waals surface area contributed by atoms with E-state index in [0.717, 1.165) is 11.5 Å². The summed E-state index contributed by atoms with van der Waals surface area (Å²) in [6.07, 6.45) is -3.07. The smallest absolute Gasteiger partial charge is 0.380 e. The molecule has 2 aromatic rings. The Labute approximate surface area is 140 Å². The molecular weight excluding hydrogens is 341 g/mol. The molecule has 3 rings (SSSR count). The van der Waals surface area contributed by atoms with E-state index in [0.29, 0.717) is 0 Å². The van der Waals surface area contributed by atoms with E-state index in [9.17, 15) is 27.9 Å². The predicted octanol–water partition coefficient (Wildman–Crippen LogP) is 0.773. The molecule has 0 amide bonds. The Morgan fingerprint density at radius 3 is 2.44 bits per heavy atom. The van der Waals surface area contributed by atoms with Crippen LogP contribution in [0.5, 0.6) is 0 Å². The van der Waals surface area contributed by atoms with Gasteiger partial charge >= 0.3 is 11.9 Å². The number of aliphatic hydroxyl groups is 1. The minimum atomic E-state index is -4.71. The third-order valence-corrected chi connectivity index (χ3v) is 5.25. The van der Waals surface area contributed by atoms with E-state index >= 15 is 0 Å². The first-order chi connectivity index (χ1) is 11.4. The number of fused-ring (bicyclic) bond motifs is 1. The minimum Gasteiger partial charge on any atom is -0.380 e. The van der Waals surface area contributed by atoms with Gasteiger partial charge in [0, 0.05) is 20.6 Å². The van der Waals surface area contributed by atoms with E-state index in [1.807, 2.05) is 0 Å². The summed E-state index contributed by atoms with van der Waals surface area (Å²) in [5.74, 6) is -1.20. The molecule has 0 saturated heterocycles. The summed E-state index contributed by atoms with van der Waals surface area (Å²) in [5.41, 5.74) is -3.29. The van der Waals surface area contributed by atoms with Crippen LogP contribution in [0.15, 0.2) is 15.9 Å².